The summed E-state index contributed by atoms with van der Waals surface area (Å²) >= 11 is 8.80. The average molecular weight is 443 g/mol. The summed E-state index contributed by atoms with van der Waals surface area (Å²) in [7, 11) is 1.52. The molecule has 1 heterocycles. The Labute approximate surface area is 177 Å². The fourth-order valence-electron chi connectivity index (χ4n) is 2.16. The highest BCUT2D eigenvalue weighted by Crippen LogP contribution is 2.28. The number of nitrogens with one attached hydrogen (secondary N) is 2. The smallest absolute Gasteiger partial charge is 0.269 e. The van der Waals surface area contributed by atoms with Crippen LogP contribution in [-0.4, -0.2) is 31.3 Å². The highest BCUT2D eigenvalue weighted by atomic mass is 35.5. The molecule has 0 fully saturated rings. The van der Waals surface area contributed by atoms with Crippen molar-refractivity contribution in [3.05, 3.63) is 45.1 Å². The Balaban J connectivity index is 1.78. The number of thioether (sulfide) groups is 1. The summed E-state index contributed by atoms with van der Waals surface area (Å²) in [5, 5.41) is 0. The molecule has 2 amide bonds. The lowest BCUT2D eigenvalue weighted by atomic mass is 10.2. The third-order valence-electron chi connectivity index (χ3n) is 3.60. The maximum Gasteiger partial charge on any atom is 0.269 e. The first-order valence-electron chi connectivity index (χ1n) is 8.75. The maximum absolute atomic E-state index is 12.2. The van der Waals surface area contributed by atoms with E-state index in [1.165, 1.54) is 30.2 Å². The Morgan fingerprint density at radius 3 is 2.68 bits per heavy atom. The number of ether oxygens (including phenoxy) is 2. The number of unbranched alkanes of at least 4 members (excludes halogenated alkanes) is 1. The van der Waals surface area contributed by atoms with Gasteiger partial charge in [-0.1, -0.05) is 24.9 Å². The van der Waals surface area contributed by atoms with Crippen molar-refractivity contribution < 1.29 is 19.1 Å². The number of halogens is 1. The predicted octanol–water partition coefficient (Wildman–Crippen LogP) is 4.28. The van der Waals surface area contributed by atoms with Crippen molar-refractivity contribution in [2.45, 2.75) is 25.5 Å². The topological polar surface area (TPSA) is 76.7 Å². The van der Waals surface area contributed by atoms with E-state index in [4.69, 9.17) is 21.1 Å². The predicted molar refractivity (Wildman–Crippen MR) is 114 cm³/mol. The normalized spacial score (nSPS) is 10.4. The standard InChI is InChI=1S/C19H23ClN2O4S2/c1-3-4-9-26-15-7-5-13(10-16(15)25-2)19(24)22-21-18(23)12-27-11-14-6-8-17(20)28-14/h5-8,10H,3-4,9,11-12H2,1-2H3,(H,21,23)(H,22,24). The van der Waals surface area contributed by atoms with Crippen LogP contribution in [0.1, 0.15) is 35.0 Å². The van der Waals surface area contributed by atoms with Crippen LogP contribution in [0.15, 0.2) is 30.3 Å². The van der Waals surface area contributed by atoms with E-state index in [-0.39, 0.29) is 11.7 Å². The summed E-state index contributed by atoms with van der Waals surface area (Å²) in [4.78, 5) is 25.2. The van der Waals surface area contributed by atoms with Crippen LogP contribution in [0.3, 0.4) is 0 Å². The molecule has 0 atom stereocenters. The largest absolute Gasteiger partial charge is 0.493 e. The van der Waals surface area contributed by atoms with Crippen molar-refractivity contribution in [3.63, 3.8) is 0 Å². The van der Waals surface area contributed by atoms with Gasteiger partial charge in [0.05, 0.1) is 23.8 Å². The van der Waals surface area contributed by atoms with E-state index in [1.807, 2.05) is 12.1 Å². The number of carbonyl (C=O) groups excluding carboxylic acids is 2. The molecule has 1 aromatic carbocycles. The lowest BCUT2D eigenvalue weighted by molar-refractivity contribution is -0.119. The molecule has 2 rings (SSSR count). The molecule has 0 aliphatic rings. The van der Waals surface area contributed by atoms with Crippen LogP contribution >= 0.6 is 34.7 Å². The number of amides is 2. The summed E-state index contributed by atoms with van der Waals surface area (Å²) in [6.07, 6.45) is 1.97. The first kappa shape index (κ1) is 22.4. The van der Waals surface area contributed by atoms with E-state index in [2.05, 4.69) is 17.8 Å². The fraction of sp³-hybridized carbons (Fsp3) is 0.368. The molecule has 0 radical (unpaired) electrons. The molecule has 0 saturated heterocycles. The summed E-state index contributed by atoms with van der Waals surface area (Å²) in [5.74, 6) is 1.26. The number of hydrogen-bond donors (Lipinski definition) is 2. The lowest BCUT2D eigenvalue weighted by Crippen LogP contribution is -2.42. The molecule has 9 heteroatoms. The SMILES string of the molecule is CCCCOc1ccc(C(=O)NNC(=O)CSCc2ccc(Cl)s2)cc1OC. The van der Waals surface area contributed by atoms with E-state index in [0.717, 1.165) is 22.1 Å². The van der Waals surface area contributed by atoms with Crippen LogP contribution in [0, 0.1) is 0 Å². The second-order valence-electron chi connectivity index (χ2n) is 5.77. The molecular formula is C19H23ClN2O4S2. The van der Waals surface area contributed by atoms with Gasteiger partial charge in [0, 0.05) is 16.2 Å². The summed E-state index contributed by atoms with van der Waals surface area (Å²) in [6.45, 7) is 2.67. The third-order valence-corrected chi connectivity index (χ3v) is 6.00. The van der Waals surface area contributed by atoms with E-state index < -0.39 is 5.91 Å². The van der Waals surface area contributed by atoms with Crippen molar-refractivity contribution >= 4 is 46.5 Å². The van der Waals surface area contributed by atoms with Crippen molar-refractivity contribution in [2.75, 3.05) is 19.5 Å². The highest BCUT2D eigenvalue weighted by Gasteiger charge is 2.12. The molecule has 0 bridgehead atoms. The van der Waals surface area contributed by atoms with E-state index >= 15 is 0 Å². The second-order valence-corrected chi connectivity index (χ2v) is 8.55. The van der Waals surface area contributed by atoms with E-state index in [1.54, 1.807) is 18.2 Å². The van der Waals surface area contributed by atoms with Crippen LogP contribution in [0.2, 0.25) is 4.34 Å². The van der Waals surface area contributed by atoms with Gasteiger partial charge in [0.2, 0.25) is 5.91 Å². The van der Waals surface area contributed by atoms with Crippen molar-refractivity contribution in [3.8, 4) is 11.5 Å². The van der Waals surface area contributed by atoms with Crippen molar-refractivity contribution in [2.24, 2.45) is 0 Å². The summed E-state index contributed by atoms with van der Waals surface area (Å²) in [6, 6.07) is 8.66. The minimum Gasteiger partial charge on any atom is -0.493 e. The first-order chi connectivity index (χ1) is 13.5. The zero-order valence-corrected chi connectivity index (χ0v) is 18.1. The number of hydrazine groups is 1. The third kappa shape index (κ3) is 7.26. The van der Waals surface area contributed by atoms with Gasteiger partial charge in [-0.2, -0.15) is 0 Å². The highest BCUT2D eigenvalue weighted by molar-refractivity contribution is 7.99. The zero-order valence-electron chi connectivity index (χ0n) is 15.7. The van der Waals surface area contributed by atoms with Gasteiger partial charge in [0.15, 0.2) is 11.5 Å². The van der Waals surface area contributed by atoms with E-state index in [9.17, 15) is 9.59 Å². The maximum atomic E-state index is 12.2. The Kier molecular flexibility index (Phi) is 9.46. The van der Waals surface area contributed by atoms with Crippen LogP contribution < -0.4 is 20.3 Å². The summed E-state index contributed by atoms with van der Waals surface area (Å²) in [5.41, 5.74) is 5.18. The van der Waals surface area contributed by atoms with Crippen LogP contribution in [0.25, 0.3) is 0 Å². The van der Waals surface area contributed by atoms with Crippen LogP contribution in [0.5, 0.6) is 11.5 Å². The minimum absolute atomic E-state index is 0.226. The van der Waals surface area contributed by atoms with Gasteiger partial charge in [-0.05, 0) is 36.8 Å². The molecule has 28 heavy (non-hydrogen) atoms. The average Bonchev–Trinajstić information content (AvgIpc) is 3.11. The Hall–Kier alpha value is -1.90. The Morgan fingerprint density at radius 1 is 1.18 bits per heavy atom. The van der Waals surface area contributed by atoms with Gasteiger partial charge in [-0.15, -0.1) is 23.1 Å². The second kappa shape index (κ2) is 11.8. The number of thiophene rings is 1. The van der Waals surface area contributed by atoms with E-state index in [0.29, 0.717) is 29.4 Å². The molecule has 0 aliphatic carbocycles. The number of hydrogen-bond acceptors (Lipinski definition) is 6. The van der Waals surface area contributed by atoms with Gasteiger partial charge >= 0.3 is 0 Å². The molecule has 1 aromatic heterocycles. The number of methoxy groups -OCH3 is 1. The summed E-state index contributed by atoms with van der Waals surface area (Å²) < 4.78 is 11.7. The van der Waals surface area contributed by atoms with Crippen molar-refractivity contribution in [1.29, 1.82) is 0 Å². The molecular weight excluding hydrogens is 420 g/mol. The van der Waals surface area contributed by atoms with Gasteiger partial charge in [-0.25, -0.2) is 0 Å². The van der Waals surface area contributed by atoms with Gasteiger partial charge in [0.25, 0.3) is 5.91 Å². The lowest BCUT2D eigenvalue weighted by Gasteiger charge is -2.12. The number of benzene rings is 1. The van der Waals surface area contributed by atoms with Gasteiger partial charge in [0.1, 0.15) is 0 Å². The van der Waals surface area contributed by atoms with Crippen LogP contribution in [0.4, 0.5) is 0 Å². The van der Waals surface area contributed by atoms with Gasteiger partial charge < -0.3 is 9.47 Å². The molecule has 0 unspecified atom stereocenters. The molecule has 2 N–H and O–H groups in total. The monoisotopic (exact) mass is 442 g/mol. The minimum atomic E-state index is -0.429. The zero-order chi connectivity index (χ0) is 20.4. The first-order valence-corrected chi connectivity index (χ1v) is 11.1. The molecule has 0 saturated carbocycles. The molecule has 0 aliphatic heterocycles. The van der Waals surface area contributed by atoms with Crippen LogP contribution in [-0.2, 0) is 10.5 Å². The number of rotatable bonds is 10. The Bertz CT molecular complexity index is 798. The van der Waals surface area contributed by atoms with Gasteiger partial charge in [-0.3, -0.25) is 20.4 Å². The molecule has 6 nitrogen and oxygen atoms in total. The molecule has 2 aromatic rings. The van der Waals surface area contributed by atoms with Crippen molar-refractivity contribution in [1.82, 2.24) is 10.9 Å². The quantitative estimate of drug-likeness (QED) is 0.424. The number of carbonyl (C=O) groups is 2. The molecule has 152 valence electrons. The molecule has 0 spiro atoms. The fourth-order valence-corrected chi connectivity index (χ4v) is 4.19. The Morgan fingerprint density at radius 2 is 2.00 bits per heavy atom.